The van der Waals surface area contributed by atoms with Crippen LogP contribution in [-0.2, 0) is 9.53 Å². The van der Waals surface area contributed by atoms with E-state index in [4.69, 9.17) is 9.47 Å². The number of rotatable bonds is 9. The summed E-state index contributed by atoms with van der Waals surface area (Å²) in [5, 5.41) is 11.1. The zero-order valence-electron chi connectivity index (χ0n) is 12.2. The van der Waals surface area contributed by atoms with Gasteiger partial charge < -0.3 is 14.8 Å². The van der Waals surface area contributed by atoms with Gasteiger partial charge in [-0.1, -0.05) is 16.9 Å². The number of methoxy groups -OCH3 is 1. The van der Waals surface area contributed by atoms with E-state index < -0.39 is 0 Å². The van der Waals surface area contributed by atoms with E-state index in [9.17, 15) is 4.79 Å². The molecule has 114 valence electrons. The van der Waals surface area contributed by atoms with Crippen LogP contribution in [0.5, 0.6) is 5.19 Å². The van der Waals surface area contributed by atoms with Crippen LogP contribution in [0.2, 0.25) is 0 Å². The standard InChI is InChI=1S/C12H21N3O3S2/c1-8(2)18-11-14-15-12(20-11)19-9(3)10(16)13-6-5-7-17-4/h8-9H,5-7H2,1-4H3,(H,13,16)/t9-/m0/s1. The molecule has 0 spiro atoms. The minimum Gasteiger partial charge on any atom is -0.466 e. The lowest BCUT2D eigenvalue weighted by atomic mass is 10.4. The Labute approximate surface area is 127 Å². The Bertz CT molecular complexity index is 412. The van der Waals surface area contributed by atoms with Crippen LogP contribution < -0.4 is 10.1 Å². The molecule has 6 nitrogen and oxygen atoms in total. The minimum atomic E-state index is -0.211. The molecule has 0 aliphatic heterocycles. The molecular formula is C12H21N3O3S2. The van der Waals surface area contributed by atoms with Crippen molar-refractivity contribution in [2.24, 2.45) is 0 Å². The summed E-state index contributed by atoms with van der Waals surface area (Å²) in [6.07, 6.45) is 0.882. The summed E-state index contributed by atoms with van der Waals surface area (Å²) in [4.78, 5) is 11.8. The van der Waals surface area contributed by atoms with E-state index in [2.05, 4.69) is 15.5 Å². The Morgan fingerprint density at radius 3 is 2.80 bits per heavy atom. The maximum absolute atomic E-state index is 11.8. The van der Waals surface area contributed by atoms with Gasteiger partial charge in [-0.3, -0.25) is 4.79 Å². The van der Waals surface area contributed by atoms with Crippen LogP contribution in [0.1, 0.15) is 27.2 Å². The minimum absolute atomic E-state index is 0.00682. The number of hydrogen-bond donors (Lipinski definition) is 1. The van der Waals surface area contributed by atoms with Crippen molar-refractivity contribution in [1.82, 2.24) is 15.5 Å². The summed E-state index contributed by atoms with van der Waals surface area (Å²) >= 11 is 2.74. The number of nitrogens with zero attached hydrogens (tertiary/aromatic N) is 2. The fraction of sp³-hybridized carbons (Fsp3) is 0.750. The van der Waals surface area contributed by atoms with Gasteiger partial charge in [0.25, 0.3) is 5.19 Å². The third-order valence-electron chi connectivity index (χ3n) is 2.20. The van der Waals surface area contributed by atoms with Gasteiger partial charge in [-0.2, -0.15) is 0 Å². The van der Waals surface area contributed by atoms with Crippen LogP contribution in [0.25, 0.3) is 0 Å². The van der Waals surface area contributed by atoms with E-state index in [0.717, 1.165) is 10.8 Å². The van der Waals surface area contributed by atoms with Crippen molar-refractivity contribution >= 4 is 29.0 Å². The largest absolute Gasteiger partial charge is 0.466 e. The van der Waals surface area contributed by atoms with Gasteiger partial charge in [0, 0.05) is 20.3 Å². The molecular weight excluding hydrogens is 298 g/mol. The average molecular weight is 319 g/mol. The summed E-state index contributed by atoms with van der Waals surface area (Å²) in [6, 6.07) is 0. The first-order valence-corrected chi connectivity index (χ1v) is 8.16. The summed E-state index contributed by atoms with van der Waals surface area (Å²) < 4.78 is 11.1. The van der Waals surface area contributed by atoms with Crippen molar-refractivity contribution in [3.8, 4) is 5.19 Å². The van der Waals surface area contributed by atoms with Gasteiger partial charge in [0.15, 0.2) is 4.34 Å². The van der Waals surface area contributed by atoms with Crippen LogP contribution >= 0.6 is 23.1 Å². The van der Waals surface area contributed by atoms with Crippen molar-refractivity contribution in [2.75, 3.05) is 20.3 Å². The second kappa shape index (κ2) is 9.15. The topological polar surface area (TPSA) is 73.3 Å². The predicted octanol–water partition coefficient (Wildman–Crippen LogP) is 1.96. The molecule has 0 radical (unpaired) electrons. The van der Waals surface area contributed by atoms with Crippen molar-refractivity contribution < 1.29 is 14.3 Å². The molecule has 1 atom stereocenters. The monoisotopic (exact) mass is 319 g/mol. The van der Waals surface area contributed by atoms with Crippen molar-refractivity contribution in [1.29, 1.82) is 0 Å². The van der Waals surface area contributed by atoms with Crippen LogP contribution in [0, 0.1) is 0 Å². The molecule has 1 amide bonds. The first-order valence-electron chi connectivity index (χ1n) is 6.46. The molecule has 0 saturated carbocycles. The molecule has 1 heterocycles. The first-order chi connectivity index (χ1) is 9.52. The molecule has 0 bridgehead atoms. The highest BCUT2D eigenvalue weighted by molar-refractivity contribution is 8.02. The fourth-order valence-electron chi connectivity index (χ4n) is 1.27. The molecule has 0 unspecified atom stereocenters. The second-order valence-corrected chi connectivity index (χ2v) is 6.93. The summed E-state index contributed by atoms with van der Waals surface area (Å²) in [5.41, 5.74) is 0. The Morgan fingerprint density at radius 1 is 1.40 bits per heavy atom. The molecule has 0 fully saturated rings. The first kappa shape index (κ1) is 17.2. The molecule has 0 aliphatic carbocycles. The zero-order chi connectivity index (χ0) is 15.0. The van der Waals surface area contributed by atoms with E-state index in [-0.39, 0.29) is 17.3 Å². The summed E-state index contributed by atoms with van der Waals surface area (Å²) in [7, 11) is 1.65. The number of carbonyl (C=O) groups excluding carboxylic acids is 1. The lowest BCUT2D eigenvalue weighted by molar-refractivity contribution is -0.120. The molecule has 1 aromatic rings. The molecule has 1 rings (SSSR count). The van der Waals surface area contributed by atoms with E-state index >= 15 is 0 Å². The predicted molar refractivity (Wildman–Crippen MR) is 80.5 cm³/mol. The summed E-state index contributed by atoms with van der Waals surface area (Å²) in [6.45, 7) is 6.98. The Balaban J connectivity index is 2.35. The Morgan fingerprint density at radius 2 is 2.15 bits per heavy atom. The third kappa shape index (κ3) is 6.53. The number of hydrogen-bond acceptors (Lipinski definition) is 7. The van der Waals surface area contributed by atoms with E-state index in [0.29, 0.717) is 18.3 Å². The number of amides is 1. The van der Waals surface area contributed by atoms with E-state index in [1.54, 1.807) is 7.11 Å². The van der Waals surface area contributed by atoms with Crippen LogP contribution in [0.4, 0.5) is 0 Å². The smallest absolute Gasteiger partial charge is 0.295 e. The third-order valence-corrected chi connectivity index (χ3v) is 4.19. The lowest BCUT2D eigenvalue weighted by Crippen LogP contribution is -2.32. The average Bonchev–Trinajstić information content (AvgIpc) is 2.80. The highest BCUT2D eigenvalue weighted by atomic mass is 32.2. The van der Waals surface area contributed by atoms with Gasteiger partial charge in [-0.05, 0) is 38.5 Å². The second-order valence-electron chi connectivity index (χ2n) is 4.40. The SMILES string of the molecule is COCCCNC(=O)[C@H](C)Sc1nnc(OC(C)C)s1. The molecule has 1 aromatic heterocycles. The zero-order valence-corrected chi connectivity index (χ0v) is 13.8. The van der Waals surface area contributed by atoms with Gasteiger partial charge in [0.05, 0.1) is 11.4 Å². The summed E-state index contributed by atoms with van der Waals surface area (Å²) in [5.74, 6) is -0.00682. The number of thioether (sulfide) groups is 1. The highest BCUT2D eigenvalue weighted by Crippen LogP contribution is 2.30. The van der Waals surface area contributed by atoms with E-state index in [1.165, 1.54) is 23.1 Å². The number of ether oxygens (including phenoxy) is 2. The quantitative estimate of drug-likeness (QED) is 0.554. The molecule has 8 heteroatoms. The molecule has 0 aromatic carbocycles. The Kier molecular flexibility index (Phi) is 7.86. The van der Waals surface area contributed by atoms with Crippen molar-refractivity contribution in [3.63, 3.8) is 0 Å². The van der Waals surface area contributed by atoms with E-state index in [1.807, 2.05) is 20.8 Å². The molecule has 0 saturated heterocycles. The number of nitrogens with one attached hydrogen (secondary N) is 1. The van der Waals surface area contributed by atoms with Gasteiger partial charge in [0.1, 0.15) is 0 Å². The number of carbonyl (C=O) groups is 1. The number of aromatic nitrogens is 2. The maximum Gasteiger partial charge on any atom is 0.295 e. The normalized spacial score (nSPS) is 12.4. The Hall–Kier alpha value is -0.860. The van der Waals surface area contributed by atoms with Crippen LogP contribution in [0.15, 0.2) is 4.34 Å². The van der Waals surface area contributed by atoms with Gasteiger partial charge in [-0.15, -0.1) is 5.10 Å². The molecule has 20 heavy (non-hydrogen) atoms. The van der Waals surface area contributed by atoms with Crippen LogP contribution in [-0.4, -0.2) is 47.7 Å². The molecule has 0 aliphatic rings. The fourth-order valence-corrected chi connectivity index (χ4v) is 3.24. The van der Waals surface area contributed by atoms with Crippen molar-refractivity contribution in [3.05, 3.63) is 0 Å². The maximum atomic E-state index is 11.8. The van der Waals surface area contributed by atoms with Gasteiger partial charge >= 0.3 is 0 Å². The van der Waals surface area contributed by atoms with Gasteiger partial charge in [0.2, 0.25) is 5.91 Å². The lowest BCUT2D eigenvalue weighted by Gasteiger charge is -2.09. The highest BCUT2D eigenvalue weighted by Gasteiger charge is 2.17. The van der Waals surface area contributed by atoms with Gasteiger partial charge in [-0.25, -0.2) is 0 Å². The van der Waals surface area contributed by atoms with Crippen LogP contribution in [0.3, 0.4) is 0 Å². The van der Waals surface area contributed by atoms with Crippen molar-refractivity contribution in [2.45, 2.75) is 42.9 Å². The molecule has 1 N–H and O–H groups in total.